The monoisotopic (exact) mass is 249 g/mol. The minimum absolute atomic E-state index is 0.0480. The van der Waals surface area contributed by atoms with Crippen molar-refractivity contribution in [2.45, 2.75) is 11.7 Å². The Bertz CT molecular complexity index is 480. The molecule has 1 aliphatic heterocycles. The fourth-order valence-electron chi connectivity index (χ4n) is 1.54. The van der Waals surface area contributed by atoms with Crippen molar-refractivity contribution in [1.29, 1.82) is 0 Å². The summed E-state index contributed by atoms with van der Waals surface area (Å²) in [4.78, 5) is 18.2. The molecule has 2 rings (SSSR count). The van der Waals surface area contributed by atoms with Gasteiger partial charge in [0.2, 0.25) is 0 Å². The van der Waals surface area contributed by atoms with E-state index in [1.54, 1.807) is 0 Å². The van der Waals surface area contributed by atoms with E-state index < -0.39 is 0 Å². The highest BCUT2D eigenvalue weighted by Crippen LogP contribution is 2.19. The van der Waals surface area contributed by atoms with Gasteiger partial charge in [0.25, 0.3) is 0 Å². The van der Waals surface area contributed by atoms with Crippen LogP contribution in [0.15, 0.2) is 35.3 Å². The van der Waals surface area contributed by atoms with Crippen LogP contribution >= 0.6 is 11.8 Å². The molecule has 0 spiro atoms. The van der Waals surface area contributed by atoms with Gasteiger partial charge in [-0.25, -0.2) is 4.79 Å². The Labute approximate surface area is 103 Å². The average molecular weight is 249 g/mol. The third-order valence-electron chi connectivity index (χ3n) is 2.27. The molecule has 1 aromatic rings. The van der Waals surface area contributed by atoms with Crippen molar-refractivity contribution < 1.29 is 9.79 Å². The lowest BCUT2D eigenvalue weighted by Crippen LogP contribution is -2.75. The van der Waals surface area contributed by atoms with Gasteiger partial charge in [-0.15, -0.1) is 0 Å². The molecule has 0 fully saturated rings. The molecule has 0 saturated heterocycles. The van der Waals surface area contributed by atoms with E-state index in [4.69, 9.17) is 11.5 Å². The number of nitrogens with zero attached hydrogens (tertiary/aromatic N) is 1. The van der Waals surface area contributed by atoms with E-state index in [1.165, 1.54) is 11.8 Å². The number of guanidine groups is 1. The second kappa shape index (κ2) is 5.01. The first-order chi connectivity index (χ1) is 8.15. The number of aliphatic imine (C=N–C) groups is 1. The van der Waals surface area contributed by atoms with Gasteiger partial charge in [0.1, 0.15) is 5.25 Å². The molecule has 0 aromatic heterocycles. The number of hydrogen-bond donors (Lipinski definition) is 3. The van der Waals surface area contributed by atoms with E-state index >= 15 is 0 Å². The molecule has 0 radical (unpaired) electrons. The van der Waals surface area contributed by atoms with Crippen molar-refractivity contribution in [2.24, 2.45) is 16.5 Å². The number of rotatable bonds is 2. The van der Waals surface area contributed by atoms with Gasteiger partial charge >= 0.3 is 17.0 Å². The Morgan fingerprint density at radius 2 is 2.06 bits per heavy atom. The molecule has 1 aromatic carbocycles. The van der Waals surface area contributed by atoms with Crippen molar-refractivity contribution in [3.8, 4) is 0 Å². The summed E-state index contributed by atoms with van der Waals surface area (Å²) in [7, 11) is 0. The van der Waals surface area contributed by atoms with Gasteiger partial charge in [-0.05, 0) is 23.7 Å². The van der Waals surface area contributed by atoms with Crippen molar-refractivity contribution in [1.82, 2.24) is 0 Å². The highest BCUT2D eigenvalue weighted by Gasteiger charge is 2.34. The van der Waals surface area contributed by atoms with Crippen LogP contribution in [0.4, 0.5) is 0 Å². The summed E-state index contributed by atoms with van der Waals surface area (Å²) in [5.74, 6) is -0.105. The number of carbonyl (C=O) groups excluding carboxylic acids is 1. The number of carbonyl (C=O) groups is 1. The zero-order valence-corrected chi connectivity index (χ0v) is 9.91. The van der Waals surface area contributed by atoms with Crippen molar-refractivity contribution >= 4 is 28.8 Å². The zero-order valence-electron chi connectivity index (χ0n) is 9.09. The summed E-state index contributed by atoms with van der Waals surface area (Å²) in [5, 5.41) is 0.298. The number of hydrogen-bond acceptors (Lipinski definition) is 3. The Kier molecular flexibility index (Phi) is 3.43. The number of nitrogens with two attached hydrogens (primary N) is 2. The molecule has 88 valence electrons. The van der Waals surface area contributed by atoms with E-state index in [0.717, 1.165) is 5.56 Å². The minimum atomic E-state index is -0.171. The number of thioether (sulfide) groups is 1. The summed E-state index contributed by atoms with van der Waals surface area (Å²) < 4.78 is 0. The van der Waals surface area contributed by atoms with Gasteiger partial charge < -0.3 is 11.5 Å². The Hall–Kier alpha value is -1.82. The normalized spacial score (nSPS) is 18.9. The maximum atomic E-state index is 11.7. The van der Waals surface area contributed by atoms with Crippen LogP contribution in [0.3, 0.4) is 0 Å². The Balaban J connectivity index is 2.03. The van der Waals surface area contributed by atoms with Gasteiger partial charge in [0.05, 0.1) is 0 Å². The first kappa shape index (κ1) is 11.7. The summed E-state index contributed by atoms with van der Waals surface area (Å²) in [5.41, 5.74) is 11.6. The standard InChI is InChI=1S/C11H12N4OS/c12-10(13)15-11-14-9(16)8(17-11)6-7-4-2-1-3-5-7/h1-5,8H,6H2,(H4,12,13,14,15,16)/p+1/t8-/m0/s1. The number of amides is 1. The van der Waals surface area contributed by atoms with Crippen molar-refractivity contribution in [2.75, 3.05) is 0 Å². The molecule has 1 heterocycles. The first-order valence-electron chi connectivity index (χ1n) is 5.13. The molecular weight excluding hydrogens is 236 g/mol. The predicted octanol–water partition coefficient (Wildman–Crippen LogP) is -1.42. The third kappa shape index (κ3) is 3.07. The summed E-state index contributed by atoms with van der Waals surface area (Å²) in [6, 6.07) is 9.84. The highest BCUT2D eigenvalue weighted by atomic mass is 32.2. The van der Waals surface area contributed by atoms with Gasteiger partial charge in [-0.2, -0.15) is 4.99 Å². The third-order valence-corrected chi connectivity index (χ3v) is 3.35. The fraction of sp³-hybridized carbons (Fsp3) is 0.182. The zero-order chi connectivity index (χ0) is 12.3. The Morgan fingerprint density at radius 1 is 1.35 bits per heavy atom. The molecule has 1 amide bonds. The summed E-state index contributed by atoms with van der Waals surface area (Å²) in [6.07, 6.45) is 0.667. The largest absolute Gasteiger partial charge is 0.364 e. The molecule has 5 N–H and O–H groups in total. The maximum absolute atomic E-state index is 11.7. The van der Waals surface area contributed by atoms with Crippen LogP contribution in [0.5, 0.6) is 0 Å². The minimum Gasteiger partial charge on any atom is -0.348 e. The van der Waals surface area contributed by atoms with E-state index in [2.05, 4.69) is 9.98 Å². The second-order valence-electron chi connectivity index (χ2n) is 3.63. The smallest absolute Gasteiger partial charge is 0.348 e. The number of benzene rings is 1. The first-order valence-corrected chi connectivity index (χ1v) is 6.01. The van der Waals surface area contributed by atoms with E-state index in [1.807, 2.05) is 30.3 Å². The molecule has 0 aliphatic carbocycles. The lowest BCUT2D eigenvalue weighted by molar-refractivity contribution is -0.372. The van der Waals surface area contributed by atoms with Crippen LogP contribution in [0.2, 0.25) is 0 Å². The van der Waals surface area contributed by atoms with Crippen LogP contribution in [0.25, 0.3) is 0 Å². The van der Waals surface area contributed by atoms with Crippen molar-refractivity contribution in [3.05, 3.63) is 35.9 Å². The molecule has 1 atom stereocenters. The number of amidine groups is 1. The molecule has 0 bridgehead atoms. The SMILES string of the molecule is NC(N)=NC1=[NH+]C(=O)[C@H](Cc2ccccc2)S1. The van der Waals surface area contributed by atoms with Crippen LogP contribution in [0.1, 0.15) is 5.56 Å². The predicted molar refractivity (Wildman–Crippen MR) is 68.3 cm³/mol. The van der Waals surface area contributed by atoms with Crippen LogP contribution in [0, 0.1) is 0 Å². The van der Waals surface area contributed by atoms with E-state index in [-0.39, 0.29) is 17.1 Å². The maximum Gasteiger partial charge on any atom is 0.364 e. The van der Waals surface area contributed by atoms with Gasteiger partial charge in [0.15, 0.2) is 0 Å². The molecule has 17 heavy (non-hydrogen) atoms. The highest BCUT2D eigenvalue weighted by molar-refractivity contribution is 8.15. The summed E-state index contributed by atoms with van der Waals surface area (Å²) >= 11 is 1.35. The molecule has 1 aliphatic rings. The van der Waals surface area contributed by atoms with Gasteiger partial charge in [-0.1, -0.05) is 30.3 Å². The Morgan fingerprint density at radius 3 is 2.71 bits per heavy atom. The molecular formula is C11H13N4OS+. The topological polar surface area (TPSA) is 95.4 Å². The number of nitrogens with one attached hydrogen (secondary N) is 1. The van der Waals surface area contributed by atoms with E-state index in [9.17, 15) is 4.79 Å². The van der Waals surface area contributed by atoms with Crippen LogP contribution in [-0.2, 0) is 11.2 Å². The lowest BCUT2D eigenvalue weighted by Gasteiger charge is -2.03. The lowest BCUT2D eigenvalue weighted by atomic mass is 10.1. The quantitative estimate of drug-likeness (QED) is 0.443. The molecule has 0 saturated carbocycles. The fourth-order valence-corrected chi connectivity index (χ4v) is 2.57. The van der Waals surface area contributed by atoms with Gasteiger partial charge in [0, 0.05) is 4.99 Å². The molecule has 0 unspecified atom stereocenters. The molecule has 6 heteroatoms. The van der Waals surface area contributed by atoms with Crippen LogP contribution < -0.4 is 16.5 Å². The summed E-state index contributed by atoms with van der Waals surface area (Å²) in [6.45, 7) is 0. The van der Waals surface area contributed by atoms with Crippen LogP contribution in [-0.4, -0.2) is 22.3 Å². The van der Waals surface area contributed by atoms with E-state index in [0.29, 0.717) is 11.6 Å². The second-order valence-corrected chi connectivity index (χ2v) is 4.82. The molecule has 5 nitrogen and oxygen atoms in total. The average Bonchev–Trinajstić information content (AvgIpc) is 2.59. The van der Waals surface area contributed by atoms with Gasteiger partial charge in [-0.3, -0.25) is 0 Å². The van der Waals surface area contributed by atoms with Crippen molar-refractivity contribution in [3.63, 3.8) is 0 Å².